The van der Waals surface area contributed by atoms with Crippen LogP contribution in [0.4, 0.5) is 0 Å². The second kappa shape index (κ2) is 36.8. The fourth-order valence-electron chi connectivity index (χ4n) is 7.62. The van der Waals surface area contributed by atoms with E-state index in [2.05, 4.69) is 177 Å². The van der Waals surface area contributed by atoms with Crippen LogP contribution in [0.1, 0.15) is 82.7 Å². The molecule has 0 unspecified atom stereocenters. The summed E-state index contributed by atoms with van der Waals surface area (Å²) < 4.78 is 0. The minimum atomic E-state index is -0.917. The van der Waals surface area contributed by atoms with Crippen LogP contribution in [0, 0.1) is 6.92 Å². The van der Waals surface area contributed by atoms with Crippen LogP contribution in [-0.4, -0.2) is 35.7 Å². The van der Waals surface area contributed by atoms with Gasteiger partial charge in [0, 0.05) is 0 Å². The molecule has 76 heavy (non-hydrogen) atoms. The second-order valence-electron chi connectivity index (χ2n) is 16.5. The van der Waals surface area contributed by atoms with Gasteiger partial charge >= 0.3 is 30.6 Å². The Morgan fingerprint density at radius 1 is 0.342 bits per heavy atom. The van der Waals surface area contributed by atoms with Crippen LogP contribution in [0.2, 0.25) is 0 Å². The molecule has 0 saturated heterocycles. The molecule has 0 aliphatic carbocycles. The fraction of sp³-hybridized carbons (Fsp3) is 0.106. The summed E-state index contributed by atoms with van der Waals surface area (Å²) in [7, 11) is 0. The third kappa shape index (κ3) is 24.4. The summed E-state index contributed by atoms with van der Waals surface area (Å²) in [6.45, 7) is 2.15. The third-order valence-electron chi connectivity index (χ3n) is 11.4. The lowest BCUT2D eigenvalue weighted by molar-refractivity contribution is -0.193. The number of benzene rings is 8. The molecule has 0 heterocycles. The maximum atomic E-state index is 11.0. The van der Waals surface area contributed by atoms with Crippen molar-refractivity contribution >= 4 is 67.0 Å². The Morgan fingerprint density at radius 3 is 1.18 bits per heavy atom. The summed E-state index contributed by atoms with van der Waals surface area (Å²) in [5, 5.41) is 9.06. The zero-order valence-corrected chi connectivity index (χ0v) is 42.0. The maximum Gasteiger partial charge on any atom is 0.373 e. The Hall–Kier alpha value is -10.0. The molecule has 10 nitrogen and oxygen atoms in total. The standard InChI is InChI=1S/C31H24O2.C31H32.4CO2/c32-31(33)29-20-14-26(15-21-29)11-12-27-17-19-28(18-13-24-7-3-1-4-8-24)30(23-27)22-16-25-9-5-2-6-10-25;1-25-12-14-28(15-13-25)16-17-29-20-22-30(21-18-26-8-4-2-5-9-26)31(24-29)23-19-27-10-6-3-7-11-27;4*2-1-3/h1-23H,(H,32,33);2-15,20,22,24H,16-19,21,23H2,1H3;;;;/b12-11+,18-13+,22-16+;;;;;. The van der Waals surface area contributed by atoms with Gasteiger partial charge in [-0.1, -0.05) is 230 Å². The van der Waals surface area contributed by atoms with Crippen LogP contribution in [0.5, 0.6) is 0 Å². The Balaban J connectivity index is 0.000000332. The molecule has 0 fully saturated rings. The lowest BCUT2D eigenvalue weighted by atomic mass is 9.92. The van der Waals surface area contributed by atoms with Gasteiger partial charge in [-0.05, 0) is 130 Å². The predicted molar refractivity (Wildman–Crippen MR) is 292 cm³/mol. The summed E-state index contributed by atoms with van der Waals surface area (Å²) in [5.74, 6) is -0.917. The van der Waals surface area contributed by atoms with Crippen LogP contribution in [0.3, 0.4) is 0 Å². The zero-order chi connectivity index (χ0) is 55.0. The van der Waals surface area contributed by atoms with E-state index in [-0.39, 0.29) is 30.2 Å². The molecule has 0 atom stereocenters. The van der Waals surface area contributed by atoms with Crippen LogP contribution in [0.25, 0.3) is 36.5 Å². The first-order valence-electron chi connectivity index (χ1n) is 23.9. The molecule has 0 radical (unpaired) electrons. The lowest BCUT2D eigenvalue weighted by Gasteiger charge is -2.13. The Kier molecular flexibility index (Phi) is 29.2. The lowest BCUT2D eigenvalue weighted by Crippen LogP contribution is -2.02. The number of carbonyl (C=O) groups excluding carboxylic acids is 8. The molecule has 8 aromatic rings. The molecule has 0 aliphatic heterocycles. The highest BCUT2D eigenvalue weighted by molar-refractivity contribution is 5.88. The van der Waals surface area contributed by atoms with Gasteiger partial charge in [0.1, 0.15) is 0 Å². The van der Waals surface area contributed by atoms with Gasteiger partial charge in [-0.2, -0.15) is 38.4 Å². The average Bonchev–Trinajstić information content (AvgIpc) is 3.45. The van der Waals surface area contributed by atoms with E-state index in [1.807, 2.05) is 60.7 Å². The minimum Gasteiger partial charge on any atom is -0.478 e. The summed E-state index contributed by atoms with van der Waals surface area (Å²) >= 11 is 0. The van der Waals surface area contributed by atoms with Gasteiger partial charge in [-0.3, -0.25) is 0 Å². The van der Waals surface area contributed by atoms with E-state index in [0.29, 0.717) is 0 Å². The summed E-state index contributed by atoms with van der Waals surface area (Å²) in [5.41, 5.74) is 16.9. The number of aromatic carboxylic acids is 1. The molecule has 8 rings (SSSR count). The Morgan fingerprint density at radius 2 is 0.697 bits per heavy atom. The molecule has 0 amide bonds. The molecule has 0 bridgehead atoms. The predicted octanol–water partition coefficient (Wildman–Crippen LogP) is 12.9. The number of carbonyl (C=O) groups is 1. The van der Waals surface area contributed by atoms with Gasteiger partial charge in [0.15, 0.2) is 0 Å². The quantitative estimate of drug-likeness (QED) is 0.0918. The first-order chi connectivity index (χ1) is 37.1. The molecule has 8 aromatic carbocycles. The van der Waals surface area contributed by atoms with E-state index in [9.17, 15) is 4.79 Å². The van der Waals surface area contributed by atoms with Crippen molar-refractivity contribution in [2.75, 3.05) is 0 Å². The largest absolute Gasteiger partial charge is 0.478 e. The van der Waals surface area contributed by atoms with Crippen molar-refractivity contribution in [1.29, 1.82) is 0 Å². The monoisotopic (exact) mass is 1010 g/mol. The van der Waals surface area contributed by atoms with Gasteiger partial charge in [-0.25, -0.2) is 4.79 Å². The smallest absolute Gasteiger partial charge is 0.373 e. The Labute approximate surface area is 443 Å². The molecule has 0 saturated carbocycles. The first kappa shape index (κ1) is 60.3. The molecule has 0 aromatic heterocycles. The third-order valence-corrected chi connectivity index (χ3v) is 11.4. The maximum absolute atomic E-state index is 11.0. The highest BCUT2D eigenvalue weighted by Crippen LogP contribution is 2.22. The van der Waals surface area contributed by atoms with Crippen molar-refractivity contribution in [1.82, 2.24) is 0 Å². The molecule has 0 aliphatic rings. The summed E-state index contributed by atoms with van der Waals surface area (Å²) in [6.07, 6.45) is 20.1. The molecule has 0 spiro atoms. The SMILES string of the molecule is Cc1ccc(CCc2ccc(CCc3ccccc3)c(CCc3ccccc3)c2)cc1.O=C(O)c1ccc(/C=C/c2ccc(/C=C/c3ccccc3)c(/C=C/c3ccccc3)c2)cc1.O=C=O.O=C=O.O=C=O.O=C=O. The normalized spacial score (nSPS) is 9.86. The van der Waals surface area contributed by atoms with Gasteiger partial charge in [0.25, 0.3) is 0 Å². The van der Waals surface area contributed by atoms with Gasteiger partial charge in [-0.15, -0.1) is 0 Å². The van der Waals surface area contributed by atoms with Crippen molar-refractivity contribution in [2.24, 2.45) is 0 Å². The molecule has 1 N–H and O–H groups in total. The van der Waals surface area contributed by atoms with Gasteiger partial charge in [0.2, 0.25) is 0 Å². The van der Waals surface area contributed by atoms with E-state index in [1.54, 1.807) is 12.1 Å². The zero-order valence-electron chi connectivity index (χ0n) is 42.0. The summed E-state index contributed by atoms with van der Waals surface area (Å²) in [6, 6.07) is 71.6. The molecule has 380 valence electrons. The van der Waals surface area contributed by atoms with E-state index < -0.39 is 5.97 Å². The van der Waals surface area contributed by atoms with Crippen LogP contribution in [0.15, 0.2) is 206 Å². The van der Waals surface area contributed by atoms with E-state index >= 15 is 0 Å². The molecular formula is C66H56O10. The van der Waals surface area contributed by atoms with E-state index in [1.165, 1.54) is 38.9 Å². The highest BCUT2D eigenvalue weighted by atomic mass is 16.4. The van der Waals surface area contributed by atoms with Gasteiger partial charge < -0.3 is 5.11 Å². The van der Waals surface area contributed by atoms with Crippen molar-refractivity contribution in [3.63, 3.8) is 0 Å². The number of carboxylic acids is 1. The van der Waals surface area contributed by atoms with Crippen LogP contribution < -0.4 is 0 Å². The van der Waals surface area contributed by atoms with E-state index in [0.717, 1.165) is 71.9 Å². The number of hydrogen-bond donors (Lipinski definition) is 1. The minimum absolute atomic E-state index is 0.250. The first-order valence-corrected chi connectivity index (χ1v) is 23.9. The summed E-state index contributed by atoms with van der Waals surface area (Å²) in [4.78, 5) is 76.0. The Bertz CT molecular complexity index is 3130. The van der Waals surface area contributed by atoms with Crippen LogP contribution >= 0.6 is 0 Å². The number of rotatable bonds is 16. The number of aryl methyl sites for hydroxylation is 7. The second-order valence-corrected chi connectivity index (χ2v) is 16.5. The van der Waals surface area contributed by atoms with Crippen molar-refractivity contribution in [3.8, 4) is 0 Å². The highest BCUT2D eigenvalue weighted by Gasteiger charge is 2.08. The average molecular weight is 1010 g/mol. The number of hydrogen-bond acceptors (Lipinski definition) is 9. The topological polar surface area (TPSA) is 174 Å². The molecular weight excluding hydrogens is 953 g/mol. The van der Waals surface area contributed by atoms with Crippen molar-refractivity contribution in [2.45, 2.75) is 45.4 Å². The number of carboxylic acid groups (broad SMARTS) is 1. The van der Waals surface area contributed by atoms with E-state index in [4.69, 9.17) is 43.5 Å². The van der Waals surface area contributed by atoms with Crippen LogP contribution in [-0.2, 0) is 76.9 Å². The fourth-order valence-corrected chi connectivity index (χ4v) is 7.62. The van der Waals surface area contributed by atoms with Crippen molar-refractivity contribution in [3.05, 3.63) is 284 Å². The van der Waals surface area contributed by atoms with Crippen molar-refractivity contribution < 1.29 is 48.3 Å². The van der Waals surface area contributed by atoms with Gasteiger partial charge in [0.05, 0.1) is 5.56 Å². The molecule has 10 heteroatoms.